The maximum Gasteiger partial charge on any atom is 0.235 e. The molecule has 1 heterocycles. The van der Waals surface area contributed by atoms with Gasteiger partial charge in [0.05, 0.1) is 11.5 Å². The fraction of sp³-hybridized carbons (Fsp3) is 0.158. The van der Waals surface area contributed by atoms with Crippen LogP contribution in [0.3, 0.4) is 0 Å². The number of benzene rings is 2. The van der Waals surface area contributed by atoms with Gasteiger partial charge < -0.3 is 9.30 Å². The Kier molecular flexibility index (Phi) is 4.61. The SMILES string of the molecule is Cc1ccc(OCCn2cc(/C=C/[N+](=O)[O-])c3ccccc32)cc1. The summed E-state index contributed by atoms with van der Waals surface area (Å²) >= 11 is 0. The van der Waals surface area contributed by atoms with Gasteiger partial charge in [-0.3, -0.25) is 10.1 Å². The van der Waals surface area contributed by atoms with Crippen LogP contribution < -0.4 is 4.74 Å². The lowest BCUT2D eigenvalue weighted by molar-refractivity contribution is -0.400. The number of nitro groups is 1. The topological polar surface area (TPSA) is 57.3 Å². The number of para-hydroxylation sites is 1. The molecule has 3 rings (SSSR count). The van der Waals surface area contributed by atoms with Crippen molar-refractivity contribution < 1.29 is 9.66 Å². The minimum Gasteiger partial charge on any atom is -0.492 e. The van der Waals surface area contributed by atoms with E-state index in [4.69, 9.17) is 4.74 Å². The summed E-state index contributed by atoms with van der Waals surface area (Å²) in [7, 11) is 0. The number of hydrogen-bond donors (Lipinski definition) is 0. The average molecular weight is 322 g/mol. The molecule has 0 saturated carbocycles. The van der Waals surface area contributed by atoms with Gasteiger partial charge in [-0.1, -0.05) is 35.9 Å². The molecule has 5 nitrogen and oxygen atoms in total. The van der Waals surface area contributed by atoms with Crippen molar-refractivity contribution in [2.75, 3.05) is 6.61 Å². The highest BCUT2D eigenvalue weighted by Crippen LogP contribution is 2.22. The second-order valence-electron chi connectivity index (χ2n) is 5.56. The molecular weight excluding hydrogens is 304 g/mol. The van der Waals surface area contributed by atoms with Crippen LogP contribution in [0.5, 0.6) is 5.75 Å². The first-order chi connectivity index (χ1) is 11.6. The zero-order chi connectivity index (χ0) is 16.9. The smallest absolute Gasteiger partial charge is 0.235 e. The predicted octanol–water partition coefficient (Wildman–Crippen LogP) is 4.28. The van der Waals surface area contributed by atoms with E-state index in [-0.39, 0.29) is 0 Å². The molecule has 122 valence electrons. The molecule has 0 saturated heterocycles. The summed E-state index contributed by atoms with van der Waals surface area (Å²) in [6.45, 7) is 3.23. The molecule has 0 unspecified atom stereocenters. The lowest BCUT2D eigenvalue weighted by atomic mass is 10.2. The predicted molar refractivity (Wildman–Crippen MR) is 94.6 cm³/mol. The summed E-state index contributed by atoms with van der Waals surface area (Å²) in [6.07, 6.45) is 4.41. The summed E-state index contributed by atoms with van der Waals surface area (Å²) < 4.78 is 7.83. The maximum absolute atomic E-state index is 10.6. The van der Waals surface area contributed by atoms with E-state index in [0.29, 0.717) is 13.2 Å². The Morgan fingerprint density at radius 2 is 1.92 bits per heavy atom. The molecule has 0 bridgehead atoms. The van der Waals surface area contributed by atoms with Gasteiger partial charge in [-0.05, 0) is 25.1 Å². The van der Waals surface area contributed by atoms with E-state index in [9.17, 15) is 10.1 Å². The molecule has 3 aromatic rings. The summed E-state index contributed by atoms with van der Waals surface area (Å²) in [5.74, 6) is 0.838. The largest absolute Gasteiger partial charge is 0.492 e. The Morgan fingerprint density at radius 3 is 2.67 bits per heavy atom. The van der Waals surface area contributed by atoms with Gasteiger partial charge in [0.25, 0.3) is 0 Å². The summed E-state index contributed by atoms with van der Waals surface area (Å²) in [5.41, 5.74) is 3.06. The van der Waals surface area contributed by atoms with Crippen LogP contribution >= 0.6 is 0 Å². The summed E-state index contributed by atoms with van der Waals surface area (Å²) in [5, 5.41) is 11.6. The zero-order valence-electron chi connectivity index (χ0n) is 13.4. The first-order valence-corrected chi connectivity index (χ1v) is 7.72. The molecule has 0 aliphatic carbocycles. The Balaban J connectivity index is 1.76. The Bertz CT molecular complexity index is 879. The first kappa shape index (κ1) is 15.8. The lowest BCUT2D eigenvalue weighted by Crippen LogP contribution is -2.07. The summed E-state index contributed by atoms with van der Waals surface area (Å²) in [6, 6.07) is 15.8. The Hall–Kier alpha value is -3.08. The number of fused-ring (bicyclic) bond motifs is 1. The van der Waals surface area contributed by atoms with Crippen molar-refractivity contribution >= 4 is 17.0 Å². The molecule has 24 heavy (non-hydrogen) atoms. The van der Waals surface area contributed by atoms with E-state index < -0.39 is 4.92 Å². The molecule has 2 aromatic carbocycles. The molecule has 0 fully saturated rings. The number of ether oxygens (including phenoxy) is 1. The molecule has 5 heteroatoms. The van der Waals surface area contributed by atoms with Crippen LogP contribution in [0.4, 0.5) is 0 Å². The number of nitrogens with zero attached hydrogens (tertiary/aromatic N) is 2. The molecule has 0 radical (unpaired) electrons. The molecule has 0 aliphatic heterocycles. The van der Waals surface area contributed by atoms with Crippen molar-refractivity contribution in [3.05, 3.63) is 82.2 Å². The van der Waals surface area contributed by atoms with Gasteiger partial charge >= 0.3 is 0 Å². The average Bonchev–Trinajstić information content (AvgIpc) is 2.93. The van der Waals surface area contributed by atoms with Gasteiger partial charge in [0.15, 0.2) is 0 Å². The first-order valence-electron chi connectivity index (χ1n) is 7.72. The van der Waals surface area contributed by atoms with Crippen molar-refractivity contribution in [1.29, 1.82) is 0 Å². The highest BCUT2D eigenvalue weighted by atomic mass is 16.6. The Morgan fingerprint density at radius 1 is 1.17 bits per heavy atom. The normalized spacial score (nSPS) is 11.2. The second-order valence-corrected chi connectivity index (χ2v) is 5.56. The van der Waals surface area contributed by atoms with Gasteiger partial charge in [-0.25, -0.2) is 0 Å². The van der Waals surface area contributed by atoms with E-state index >= 15 is 0 Å². The van der Waals surface area contributed by atoms with Crippen molar-refractivity contribution in [3.8, 4) is 5.75 Å². The Labute approximate surface area is 139 Å². The fourth-order valence-electron chi connectivity index (χ4n) is 2.63. The van der Waals surface area contributed by atoms with Gasteiger partial charge in [-0.2, -0.15) is 0 Å². The van der Waals surface area contributed by atoms with E-state index in [0.717, 1.165) is 28.4 Å². The number of hydrogen-bond acceptors (Lipinski definition) is 3. The van der Waals surface area contributed by atoms with Crippen LogP contribution in [0.25, 0.3) is 17.0 Å². The van der Waals surface area contributed by atoms with Crippen molar-refractivity contribution in [3.63, 3.8) is 0 Å². The van der Waals surface area contributed by atoms with Crippen molar-refractivity contribution in [1.82, 2.24) is 4.57 Å². The van der Waals surface area contributed by atoms with Gasteiger partial charge in [0, 0.05) is 28.7 Å². The second kappa shape index (κ2) is 7.00. The molecular formula is C19H18N2O3. The molecule has 0 atom stereocenters. The molecule has 0 spiro atoms. The van der Waals surface area contributed by atoms with Crippen molar-refractivity contribution in [2.45, 2.75) is 13.5 Å². The van der Waals surface area contributed by atoms with Crippen LogP contribution in [0.15, 0.2) is 60.9 Å². The highest BCUT2D eigenvalue weighted by Gasteiger charge is 2.07. The van der Waals surface area contributed by atoms with Crippen LogP contribution in [-0.2, 0) is 6.54 Å². The minimum atomic E-state index is -0.452. The number of aromatic nitrogens is 1. The van der Waals surface area contributed by atoms with E-state index in [2.05, 4.69) is 4.57 Å². The van der Waals surface area contributed by atoms with Gasteiger partial charge in [0.2, 0.25) is 6.20 Å². The van der Waals surface area contributed by atoms with Crippen LogP contribution in [0.2, 0.25) is 0 Å². The third-order valence-corrected chi connectivity index (χ3v) is 3.82. The quantitative estimate of drug-likeness (QED) is 0.503. The molecule has 1 aromatic heterocycles. The van der Waals surface area contributed by atoms with Crippen LogP contribution in [-0.4, -0.2) is 16.1 Å². The third kappa shape index (κ3) is 3.63. The number of aryl methyl sites for hydroxylation is 1. The monoisotopic (exact) mass is 322 g/mol. The van der Waals surface area contributed by atoms with Crippen molar-refractivity contribution in [2.24, 2.45) is 0 Å². The maximum atomic E-state index is 10.6. The van der Waals surface area contributed by atoms with E-state index in [1.54, 1.807) is 0 Å². The number of rotatable bonds is 6. The molecule has 0 amide bonds. The fourth-order valence-corrected chi connectivity index (χ4v) is 2.63. The van der Waals surface area contributed by atoms with E-state index in [1.807, 2.05) is 61.7 Å². The third-order valence-electron chi connectivity index (χ3n) is 3.82. The standard InChI is InChI=1S/C19H18N2O3/c1-15-6-8-17(9-7-15)24-13-12-20-14-16(10-11-21(22)23)18-4-2-3-5-19(18)20/h2-11,14H,12-13H2,1H3/b11-10+. The van der Waals surface area contributed by atoms with Gasteiger partial charge in [-0.15, -0.1) is 0 Å². The summed E-state index contributed by atoms with van der Waals surface area (Å²) in [4.78, 5) is 10.1. The van der Waals surface area contributed by atoms with Crippen LogP contribution in [0, 0.1) is 17.0 Å². The highest BCUT2D eigenvalue weighted by molar-refractivity contribution is 5.89. The van der Waals surface area contributed by atoms with Gasteiger partial charge in [0.1, 0.15) is 12.4 Å². The molecule has 0 N–H and O–H groups in total. The van der Waals surface area contributed by atoms with Crippen LogP contribution in [0.1, 0.15) is 11.1 Å². The van der Waals surface area contributed by atoms with E-state index in [1.165, 1.54) is 11.6 Å². The molecule has 0 aliphatic rings. The minimum absolute atomic E-state index is 0.452. The lowest BCUT2D eigenvalue weighted by Gasteiger charge is -2.08. The zero-order valence-corrected chi connectivity index (χ0v) is 13.4.